The van der Waals surface area contributed by atoms with Gasteiger partial charge in [-0.1, -0.05) is 42.0 Å². The molecule has 0 amide bonds. The lowest BCUT2D eigenvalue weighted by Gasteiger charge is -2.14. The monoisotopic (exact) mass is 260 g/mol. The smallest absolute Gasteiger partial charge is 0.167 e. The third kappa shape index (κ3) is 3.32. The molecule has 1 atom stereocenters. The number of rotatable bonds is 4. The third-order valence-corrected chi connectivity index (χ3v) is 3.02. The molecule has 0 spiro atoms. The van der Waals surface area contributed by atoms with Crippen LogP contribution in [0.4, 0.5) is 4.39 Å². The molecule has 0 aliphatic rings. The van der Waals surface area contributed by atoms with Gasteiger partial charge in [0.25, 0.3) is 0 Å². The summed E-state index contributed by atoms with van der Waals surface area (Å²) >= 11 is 0. The number of hydrogen-bond acceptors (Lipinski definition) is 2. The molecule has 1 N–H and O–H groups in total. The van der Waals surface area contributed by atoms with Crippen LogP contribution < -0.4 is 4.74 Å². The molecular weight excluding hydrogens is 243 g/mol. The number of aliphatic hydroxyl groups excluding tert-OH is 1. The first-order chi connectivity index (χ1) is 9.08. The molecular formula is C16H17FO2. The van der Waals surface area contributed by atoms with Crippen LogP contribution in [-0.4, -0.2) is 11.7 Å². The number of hydrogen-bond donors (Lipinski definition) is 1. The van der Waals surface area contributed by atoms with Gasteiger partial charge in [0.2, 0.25) is 0 Å². The standard InChI is InChI=1S/C16H17FO2/c1-11-6-8-13(9-7-11)14(18)10-19-15-5-3-4-12(2)16(15)17/h3-9,14,18H,10H2,1-2H3. The Balaban J connectivity index is 2.02. The van der Waals surface area contributed by atoms with Crippen molar-refractivity contribution in [2.24, 2.45) is 0 Å². The highest BCUT2D eigenvalue weighted by atomic mass is 19.1. The van der Waals surface area contributed by atoms with E-state index in [-0.39, 0.29) is 18.2 Å². The van der Waals surface area contributed by atoms with Gasteiger partial charge in [0.1, 0.15) is 12.7 Å². The van der Waals surface area contributed by atoms with Gasteiger partial charge in [0.15, 0.2) is 11.6 Å². The van der Waals surface area contributed by atoms with E-state index in [1.807, 2.05) is 31.2 Å². The van der Waals surface area contributed by atoms with Crippen molar-refractivity contribution in [3.8, 4) is 5.75 Å². The SMILES string of the molecule is Cc1ccc(C(O)COc2cccc(C)c2F)cc1. The quantitative estimate of drug-likeness (QED) is 0.910. The van der Waals surface area contributed by atoms with Crippen molar-refractivity contribution in [1.82, 2.24) is 0 Å². The fourth-order valence-electron chi connectivity index (χ4n) is 1.79. The highest BCUT2D eigenvalue weighted by Crippen LogP contribution is 2.22. The van der Waals surface area contributed by atoms with Crippen LogP contribution in [-0.2, 0) is 0 Å². The summed E-state index contributed by atoms with van der Waals surface area (Å²) < 4.78 is 19.0. The second-order valence-electron chi connectivity index (χ2n) is 4.62. The van der Waals surface area contributed by atoms with Crippen LogP contribution in [0.15, 0.2) is 42.5 Å². The Kier molecular flexibility index (Phi) is 4.17. The fraction of sp³-hybridized carbons (Fsp3) is 0.250. The van der Waals surface area contributed by atoms with Crippen molar-refractivity contribution in [3.63, 3.8) is 0 Å². The highest BCUT2D eigenvalue weighted by molar-refractivity contribution is 5.30. The summed E-state index contributed by atoms with van der Waals surface area (Å²) in [7, 11) is 0. The molecule has 0 radical (unpaired) electrons. The van der Waals surface area contributed by atoms with E-state index in [1.165, 1.54) is 0 Å². The van der Waals surface area contributed by atoms with Crippen LogP contribution in [0.3, 0.4) is 0 Å². The van der Waals surface area contributed by atoms with Crippen molar-refractivity contribution in [2.45, 2.75) is 20.0 Å². The Morgan fingerprint density at radius 2 is 1.79 bits per heavy atom. The molecule has 0 aromatic heterocycles. The molecule has 2 nitrogen and oxygen atoms in total. The van der Waals surface area contributed by atoms with Crippen molar-refractivity contribution >= 4 is 0 Å². The summed E-state index contributed by atoms with van der Waals surface area (Å²) in [6.45, 7) is 3.69. The van der Waals surface area contributed by atoms with Gasteiger partial charge in [-0.2, -0.15) is 0 Å². The first-order valence-electron chi connectivity index (χ1n) is 6.20. The van der Waals surface area contributed by atoms with E-state index in [1.54, 1.807) is 25.1 Å². The summed E-state index contributed by atoms with van der Waals surface area (Å²) in [5, 5.41) is 9.99. The number of aliphatic hydroxyl groups is 1. The minimum absolute atomic E-state index is 0.0312. The summed E-state index contributed by atoms with van der Waals surface area (Å²) in [6, 6.07) is 12.5. The Hall–Kier alpha value is -1.87. The number of ether oxygens (including phenoxy) is 1. The lowest BCUT2D eigenvalue weighted by atomic mass is 10.1. The van der Waals surface area contributed by atoms with Gasteiger partial charge < -0.3 is 9.84 Å². The van der Waals surface area contributed by atoms with Crippen LogP contribution in [0.2, 0.25) is 0 Å². The summed E-state index contributed by atoms with van der Waals surface area (Å²) in [6.07, 6.45) is -0.763. The first kappa shape index (κ1) is 13.6. The maximum atomic E-state index is 13.7. The molecule has 1 unspecified atom stereocenters. The number of aryl methyl sites for hydroxylation is 2. The topological polar surface area (TPSA) is 29.5 Å². The van der Waals surface area contributed by atoms with Crippen molar-refractivity contribution in [2.75, 3.05) is 6.61 Å². The second kappa shape index (κ2) is 5.85. The van der Waals surface area contributed by atoms with Crippen LogP contribution >= 0.6 is 0 Å². The molecule has 19 heavy (non-hydrogen) atoms. The Labute approximate surface area is 112 Å². The fourth-order valence-corrected chi connectivity index (χ4v) is 1.79. The van der Waals surface area contributed by atoms with Gasteiger partial charge in [-0.05, 0) is 31.0 Å². The summed E-state index contributed by atoms with van der Waals surface area (Å²) in [5.41, 5.74) is 2.42. The lowest BCUT2D eigenvalue weighted by molar-refractivity contribution is 0.106. The van der Waals surface area contributed by atoms with E-state index in [9.17, 15) is 9.50 Å². The average Bonchev–Trinajstić information content (AvgIpc) is 2.41. The molecule has 0 aliphatic heterocycles. The van der Waals surface area contributed by atoms with Crippen LogP contribution in [0.5, 0.6) is 5.75 Å². The number of halogens is 1. The minimum atomic E-state index is -0.763. The molecule has 100 valence electrons. The molecule has 0 heterocycles. The van der Waals surface area contributed by atoms with Gasteiger partial charge in [-0.25, -0.2) is 4.39 Å². The largest absolute Gasteiger partial charge is 0.487 e. The van der Waals surface area contributed by atoms with Crippen molar-refractivity contribution in [1.29, 1.82) is 0 Å². The zero-order chi connectivity index (χ0) is 13.8. The van der Waals surface area contributed by atoms with Gasteiger partial charge in [-0.3, -0.25) is 0 Å². The molecule has 0 saturated carbocycles. The summed E-state index contributed by atoms with van der Waals surface area (Å²) in [5.74, 6) is -0.204. The van der Waals surface area contributed by atoms with Crippen molar-refractivity contribution < 1.29 is 14.2 Å². The van der Waals surface area contributed by atoms with Gasteiger partial charge >= 0.3 is 0 Å². The van der Waals surface area contributed by atoms with Gasteiger partial charge in [-0.15, -0.1) is 0 Å². The van der Waals surface area contributed by atoms with Gasteiger partial charge in [0, 0.05) is 0 Å². The van der Waals surface area contributed by atoms with E-state index in [2.05, 4.69) is 0 Å². The predicted molar refractivity (Wildman–Crippen MR) is 72.8 cm³/mol. The minimum Gasteiger partial charge on any atom is -0.487 e. The van der Waals surface area contributed by atoms with E-state index < -0.39 is 6.10 Å². The zero-order valence-corrected chi connectivity index (χ0v) is 11.1. The van der Waals surface area contributed by atoms with E-state index in [0.717, 1.165) is 11.1 Å². The molecule has 3 heteroatoms. The third-order valence-electron chi connectivity index (χ3n) is 3.02. The zero-order valence-electron chi connectivity index (χ0n) is 11.1. The Morgan fingerprint density at radius 1 is 1.11 bits per heavy atom. The average molecular weight is 260 g/mol. The van der Waals surface area contributed by atoms with Crippen LogP contribution in [0.25, 0.3) is 0 Å². The van der Waals surface area contributed by atoms with E-state index in [0.29, 0.717) is 5.56 Å². The van der Waals surface area contributed by atoms with Crippen LogP contribution in [0.1, 0.15) is 22.8 Å². The Morgan fingerprint density at radius 3 is 2.47 bits per heavy atom. The molecule has 2 aromatic rings. The van der Waals surface area contributed by atoms with Crippen molar-refractivity contribution in [3.05, 3.63) is 65.0 Å². The van der Waals surface area contributed by atoms with E-state index >= 15 is 0 Å². The first-order valence-corrected chi connectivity index (χ1v) is 6.20. The molecule has 2 aromatic carbocycles. The molecule has 0 fully saturated rings. The normalized spacial score (nSPS) is 12.2. The van der Waals surface area contributed by atoms with E-state index in [4.69, 9.17) is 4.74 Å². The Bertz CT molecular complexity index is 549. The maximum absolute atomic E-state index is 13.7. The lowest BCUT2D eigenvalue weighted by Crippen LogP contribution is -2.10. The maximum Gasteiger partial charge on any atom is 0.167 e. The second-order valence-corrected chi connectivity index (χ2v) is 4.62. The molecule has 0 bridgehead atoms. The molecule has 2 rings (SSSR count). The molecule has 0 aliphatic carbocycles. The number of benzene rings is 2. The predicted octanol–water partition coefficient (Wildman–Crippen LogP) is 3.55. The highest BCUT2D eigenvalue weighted by Gasteiger charge is 2.11. The van der Waals surface area contributed by atoms with Gasteiger partial charge in [0.05, 0.1) is 0 Å². The molecule has 0 saturated heterocycles. The summed E-state index contributed by atoms with van der Waals surface area (Å²) in [4.78, 5) is 0. The van der Waals surface area contributed by atoms with Crippen LogP contribution in [0, 0.1) is 19.7 Å².